The average molecular weight is 389 g/mol. The molecule has 3 rings (SSSR count). The number of nitrogens with zero attached hydrogens (tertiary/aromatic N) is 1. The fourth-order valence-electron chi connectivity index (χ4n) is 4.36. The normalized spacial score (nSPS) is 20.3. The number of ether oxygens (including phenoxy) is 2. The molecular formula is C23H36N2O3. The van der Waals surface area contributed by atoms with E-state index in [2.05, 4.69) is 10.2 Å². The highest BCUT2D eigenvalue weighted by Gasteiger charge is 2.39. The Morgan fingerprint density at radius 3 is 2.29 bits per heavy atom. The van der Waals surface area contributed by atoms with Crippen LogP contribution in [0.25, 0.3) is 0 Å². The number of benzene rings is 1. The van der Waals surface area contributed by atoms with Crippen molar-refractivity contribution in [2.75, 3.05) is 38.7 Å². The highest BCUT2D eigenvalue weighted by atomic mass is 16.5. The Bertz CT molecular complexity index is 588. The Kier molecular flexibility index (Phi) is 8.16. The van der Waals surface area contributed by atoms with Crippen molar-refractivity contribution in [1.82, 2.24) is 4.90 Å². The van der Waals surface area contributed by atoms with Gasteiger partial charge in [0, 0.05) is 19.3 Å². The maximum absolute atomic E-state index is 12.7. The maximum Gasteiger partial charge on any atom is 0.256 e. The van der Waals surface area contributed by atoms with Gasteiger partial charge in [0.15, 0.2) is 0 Å². The van der Waals surface area contributed by atoms with E-state index in [0.717, 1.165) is 56.7 Å². The van der Waals surface area contributed by atoms with Crippen molar-refractivity contribution in [1.29, 1.82) is 0 Å². The molecule has 1 aromatic rings. The molecule has 156 valence electrons. The van der Waals surface area contributed by atoms with Crippen LogP contribution in [-0.4, -0.2) is 49.8 Å². The second-order valence-corrected chi connectivity index (χ2v) is 8.20. The first kappa shape index (κ1) is 21.1. The Labute approximate surface area is 169 Å². The standard InChI is InChI=1S/C23H36N2O3/c1-27-23(14-5-4-6-15-23)22(26)24-20-10-12-21(13-11-20)28-19-9-18-25-16-7-2-3-8-17-25/h10-13H,2-9,14-19H2,1H3,(H,24,26). The zero-order chi connectivity index (χ0) is 19.7. The third kappa shape index (κ3) is 5.95. The zero-order valence-electron chi connectivity index (χ0n) is 17.4. The van der Waals surface area contributed by atoms with Gasteiger partial charge in [-0.05, 0) is 69.5 Å². The number of methoxy groups -OCH3 is 1. The molecule has 2 fully saturated rings. The number of carbonyl (C=O) groups excluding carboxylic acids is 1. The third-order valence-corrected chi connectivity index (χ3v) is 6.16. The number of amides is 1. The lowest BCUT2D eigenvalue weighted by molar-refractivity contribution is -0.141. The predicted octanol–water partition coefficient (Wildman–Crippen LogP) is 4.62. The van der Waals surface area contributed by atoms with Gasteiger partial charge in [-0.3, -0.25) is 4.79 Å². The van der Waals surface area contributed by atoms with E-state index < -0.39 is 5.60 Å². The molecule has 1 heterocycles. The fourth-order valence-corrected chi connectivity index (χ4v) is 4.36. The van der Waals surface area contributed by atoms with Crippen LogP contribution in [0, 0.1) is 0 Å². The minimum absolute atomic E-state index is 0.0270. The number of likely N-dealkylation sites (tertiary alicyclic amines) is 1. The summed E-state index contributed by atoms with van der Waals surface area (Å²) in [5.74, 6) is 0.828. The SMILES string of the molecule is COC1(C(=O)Nc2ccc(OCCCN3CCCCCC3)cc2)CCCCC1. The summed E-state index contributed by atoms with van der Waals surface area (Å²) in [5.41, 5.74) is 0.129. The Balaban J connectivity index is 1.41. The van der Waals surface area contributed by atoms with Crippen LogP contribution in [0.15, 0.2) is 24.3 Å². The predicted molar refractivity (Wildman–Crippen MR) is 113 cm³/mol. The van der Waals surface area contributed by atoms with E-state index in [4.69, 9.17) is 9.47 Å². The van der Waals surface area contributed by atoms with Crippen molar-refractivity contribution >= 4 is 11.6 Å². The second kappa shape index (κ2) is 10.8. The minimum Gasteiger partial charge on any atom is -0.494 e. The van der Waals surface area contributed by atoms with Crippen LogP contribution in [0.3, 0.4) is 0 Å². The van der Waals surface area contributed by atoms with Gasteiger partial charge in [-0.25, -0.2) is 0 Å². The quantitative estimate of drug-likeness (QED) is 0.660. The molecule has 5 heteroatoms. The van der Waals surface area contributed by atoms with Gasteiger partial charge in [0.25, 0.3) is 5.91 Å². The molecule has 1 aromatic carbocycles. The summed E-state index contributed by atoms with van der Waals surface area (Å²) in [4.78, 5) is 15.3. The molecule has 1 saturated heterocycles. The van der Waals surface area contributed by atoms with Crippen molar-refractivity contribution in [2.24, 2.45) is 0 Å². The molecule has 1 saturated carbocycles. The Morgan fingerprint density at radius 1 is 1.00 bits per heavy atom. The van der Waals surface area contributed by atoms with E-state index in [-0.39, 0.29) is 5.91 Å². The number of rotatable bonds is 8. The monoisotopic (exact) mass is 388 g/mol. The number of nitrogens with one attached hydrogen (secondary N) is 1. The van der Waals surface area contributed by atoms with E-state index >= 15 is 0 Å². The molecular weight excluding hydrogens is 352 g/mol. The molecule has 0 bridgehead atoms. The highest BCUT2D eigenvalue weighted by Crippen LogP contribution is 2.32. The van der Waals surface area contributed by atoms with Gasteiger partial charge < -0.3 is 19.7 Å². The average Bonchev–Trinajstić information content (AvgIpc) is 3.01. The molecule has 2 aliphatic rings. The first-order valence-electron chi connectivity index (χ1n) is 11.0. The molecule has 1 amide bonds. The molecule has 0 spiro atoms. The van der Waals surface area contributed by atoms with Crippen LogP contribution in [0.4, 0.5) is 5.69 Å². The minimum atomic E-state index is -0.666. The van der Waals surface area contributed by atoms with Gasteiger partial charge in [0.2, 0.25) is 0 Å². The summed E-state index contributed by atoms with van der Waals surface area (Å²) < 4.78 is 11.5. The van der Waals surface area contributed by atoms with Crippen LogP contribution >= 0.6 is 0 Å². The first-order valence-corrected chi connectivity index (χ1v) is 11.0. The van der Waals surface area contributed by atoms with Gasteiger partial charge >= 0.3 is 0 Å². The Morgan fingerprint density at radius 2 is 1.64 bits per heavy atom. The molecule has 1 aliphatic carbocycles. The van der Waals surface area contributed by atoms with E-state index in [9.17, 15) is 4.79 Å². The number of hydrogen-bond acceptors (Lipinski definition) is 4. The number of hydrogen-bond donors (Lipinski definition) is 1. The summed E-state index contributed by atoms with van der Waals surface area (Å²) in [6.07, 6.45) is 11.3. The van der Waals surface area contributed by atoms with Crippen molar-refractivity contribution in [3.05, 3.63) is 24.3 Å². The van der Waals surface area contributed by atoms with Crippen LogP contribution < -0.4 is 10.1 Å². The summed E-state index contributed by atoms with van der Waals surface area (Å²) >= 11 is 0. The molecule has 1 N–H and O–H groups in total. The van der Waals surface area contributed by atoms with Gasteiger partial charge in [-0.2, -0.15) is 0 Å². The summed E-state index contributed by atoms with van der Waals surface area (Å²) in [6.45, 7) is 4.32. The summed E-state index contributed by atoms with van der Waals surface area (Å²) in [6, 6.07) is 7.69. The highest BCUT2D eigenvalue weighted by molar-refractivity contribution is 5.97. The van der Waals surface area contributed by atoms with E-state index in [0.29, 0.717) is 0 Å². The van der Waals surface area contributed by atoms with Crippen LogP contribution in [0.1, 0.15) is 64.2 Å². The second-order valence-electron chi connectivity index (χ2n) is 8.20. The van der Waals surface area contributed by atoms with Crippen LogP contribution in [0.2, 0.25) is 0 Å². The lowest BCUT2D eigenvalue weighted by Crippen LogP contribution is -2.46. The van der Waals surface area contributed by atoms with Gasteiger partial charge in [0.05, 0.1) is 6.61 Å². The van der Waals surface area contributed by atoms with Gasteiger partial charge in [-0.15, -0.1) is 0 Å². The zero-order valence-corrected chi connectivity index (χ0v) is 17.4. The smallest absolute Gasteiger partial charge is 0.256 e. The third-order valence-electron chi connectivity index (χ3n) is 6.16. The molecule has 28 heavy (non-hydrogen) atoms. The molecule has 5 nitrogen and oxygen atoms in total. The van der Waals surface area contributed by atoms with Crippen LogP contribution in [0.5, 0.6) is 5.75 Å². The molecule has 0 radical (unpaired) electrons. The topological polar surface area (TPSA) is 50.8 Å². The lowest BCUT2D eigenvalue weighted by atomic mass is 9.84. The molecule has 0 aromatic heterocycles. The van der Waals surface area contributed by atoms with E-state index in [1.807, 2.05) is 24.3 Å². The maximum atomic E-state index is 12.7. The van der Waals surface area contributed by atoms with Crippen molar-refractivity contribution in [3.8, 4) is 5.75 Å². The molecule has 0 unspecified atom stereocenters. The number of carbonyl (C=O) groups is 1. The molecule has 1 aliphatic heterocycles. The van der Waals surface area contributed by atoms with Crippen molar-refractivity contribution < 1.29 is 14.3 Å². The number of anilines is 1. The summed E-state index contributed by atoms with van der Waals surface area (Å²) in [5, 5.41) is 3.02. The molecule has 0 atom stereocenters. The van der Waals surface area contributed by atoms with Crippen molar-refractivity contribution in [2.45, 2.75) is 69.8 Å². The Hall–Kier alpha value is -1.59. The van der Waals surface area contributed by atoms with E-state index in [1.54, 1.807) is 7.11 Å². The van der Waals surface area contributed by atoms with Gasteiger partial charge in [0.1, 0.15) is 11.4 Å². The fraction of sp³-hybridized carbons (Fsp3) is 0.696. The van der Waals surface area contributed by atoms with Crippen LogP contribution in [-0.2, 0) is 9.53 Å². The van der Waals surface area contributed by atoms with Crippen molar-refractivity contribution in [3.63, 3.8) is 0 Å². The largest absolute Gasteiger partial charge is 0.494 e. The van der Waals surface area contributed by atoms with Gasteiger partial charge in [-0.1, -0.05) is 32.1 Å². The lowest BCUT2D eigenvalue weighted by Gasteiger charge is -2.34. The van der Waals surface area contributed by atoms with E-state index in [1.165, 1.54) is 45.2 Å². The first-order chi connectivity index (χ1) is 13.7. The summed E-state index contributed by atoms with van der Waals surface area (Å²) in [7, 11) is 1.65.